The summed E-state index contributed by atoms with van der Waals surface area (Å²) in [7, 11) is 1.94. The molecule has 1 aliphatic heterocycles. The van der Waals surface area contributed by atoms with E-state index >= 15 is 0 Å². The first kappa shape index (κ1) is 18.1. The van der Waals surface area contributed by atoms with Crippen LogP contribution >= 0.6 is 12.4 Å². The summed E-state index contributed by atoms with van der Waals surface area (Å²) >= 11 is 0. The number of benzene rings is 1. The van der Waals surface area contributed by atoms with Gasteiger partial charge in [0.2, 0.25) is 5.91 Å². The van der Waals surface area contributed by atoms with Gasteiger partial charge in [0, 0.05) is 19.0 Å². The number of likely N-dealkylation sites (tertiary alicyclic amines) is 1. The fourth-order valence-electron chi connectivity index (χ4n) is 3.50. The Morgan fingerprint density at radius 2 is 2.00 bits per heavy atom. The second-order valence-electron chi connectivity index (χ2n) is 6.42. The van der Waals surface area contributed by atoms with Crippen molar-refractivity contribution in [1.82, 2.24) is 10.2 Å². The average molecular weight is 345 g/mol. The van der Waals surface area contributed by atoms with Crippen LogP contribution in [0.5, 0.6) is 0 Å². The summed E-state index contributed by atoms with van der Waals surface area (Å²) in [6.45, 7) is 2.54. The summed E-state index contributed by atoms with van der Waals surface area (Å²) in [5.41, 5.74) is 0.350. The van der Waals surface area contributed by atoms with Crippen molar-refractivity contribution in [1.29, 1.82) is 0 Å². The number of halogens is 3. The Morgan fingerprint density at radius 1 is 1.30 bits per heavy atom. The molecule has 3 nitrogen and oxygen atoms in total. The van der Waals surface area contributed by atoms with Gasteiger partial charge in [-0.15, -0.1) is 12.4 Å². The van der Waals surface area contributed by atoms with E-state index in [1.165, 1.54) is 6.07 Å². The van der Waals surface area contributed by atoms with E-state index in [0.29, 0.717) is 17.9 Å². The molecule has 3 rings (SSSR count). The maximum absolute atomic E-state index is 13.8. The smallest absolute Gasteiger partial charge is 0.226 e. The van der Waals surface area contributed by atoms with Crippen LogP contribution in [0.2, 0.25) is 0 Å². The van der Waals surface area contributed by atoms with Crippen LogP contribution in [-0.4, -0.2) is 37.5 Å². The first-order valence-electron chi connectivity index (χ1n) is 7.99. The molecule has 1 N–H and O–H groups in total. The Balaban J connectivity index is 0.00000192. The van der Waals surface area contributed by atoms with Gasteiger partial charge in [-0.05, 0) is 56.3 Å². The predicted octanol–water partition coefficient (Wildman–Crippen LogP) is 2.95. The third-order valence-corrected chi connectivity index (χ3v) is 4.91. The number of carbonyl (C=O) groups excluding carboxylic acids is 1. The van der Waals surface area contributed by atoms with Crippen LogP contribution in [0.15, 0.2) is 18.2 Å². The van der Waals surface area contributed by atoms with Gasteiger partial charge in [-0.3, -0.25) is 4.79 Å². The largest absolute Gasteiger partial charge is 0.342 e. The van der Waals surface area contributed by atoms with E-state index in [0.717, 1.165) is 38.5 Å². The average Bonchev–Trinajstić information content (AvgIpc) is 3.31. The van der Waals surface area contributed by atoms with E-state index in [9.17, 15) is 13.6 Å². The topological polar surface area (TPSA) is 32.3 Å². The number of nitrogens with zero attached hydrogens (tertiary/aromatic N) is 1. The summed E-state index contributed by atoms with van der Waals surface area (Å²) in [5.74, 6) is -1.21. The number of rotatable bonds is 4. The molecular weight excluding hydrogens is 322 g/mol. The molecule has 23 heavy (non-hydrogen) atoms. The number of hydrogen-bond donors (Lipinski definition) is 1. The third kappa shape index (κ3) is 3.83. The molecule has 2 aliphatic rings. The molecule has 1 aromatic carbocycles. The fraction of sp³-hybridized carbons (Fsp3) is 0.588. The Bertz CT molecular complexity index is 562. The maximum atomic E-state index is 13.8. The van der Waals surface area contributed by atoms with E-state index in [-0.39, 0.29) is 30.2 Å². The van der Waals surface area contributed by atoms with Crippen LogP contribution in [0.3, 0.4) is 0 Å². The van der Waals surface area contributed by atoms with E-state index in [1.54, 1.807) is 6.07 Å². The van der Waals surface area contributed by atoms with Crippen molar-refractivity contribution in [3.05, 3.63) is 35.4 Å². The highest BCUT2D eigenvalue weighted by molar-refractivity contribution is 5.85. The van der Waals surface area contributed by atoms with Crippen molar-refractivity contribution in [2.75, 3.05) is 26.7 Å². The van der Waals surface area contributed by atoms with Gasteiger partial charge in [0.15, 0.2) is 11.6 Å². The van der Waals surface area contributed by atoms with Crippen molar-refractivity contribution >= 4 is 18.3 Å². The molecule has 1 aromatic rings. The lowest BCUT2D eigenvalue weighted by Crippen LogP contribution is -2.41. The molecule has 2 unspecified atom stereocenters. The minimum Gasteiger partial charge on any atom is -0.342 e. The quantitative estimate of drug-likeness (QED) is 0.910. The highest BCUT2D eigenvalue weighted by Gasteiger charge is 2.47. The first-order valence-corrected chi connectivity index (χ1v) is 7.99. The van der Waals surface area contributed by atoms with Crippen LogP contribution in [0.4, 0.5) is 8.78 Å². The molecule has 1 heterocycles. The summed E-state index contributed by atoms with van der Waals surface area (Å²) in [4.78, 5) is 14.4. The zero-order chi connectivity index (χ0) is 15.7. The van der Waals surface area contributed by atoms with Crippen LogP contribution in [0.25, 0.3) is 0 Å². The van der Waals surface area contributed by atoms with Gasteiger partial charge in [0.1, 0.15) is 0 Å². The van der Waals surface area contributed by atoms with E-state index in [4.69, 9.17) is 0 Å². The molecule has 6 heteroatoms. The Hall–Kier alpha value is -1.20. The normalized spacial score (nSPS) is 24.2. The SMILES string of the molecule is CNCC1CCN(C(=O)C2CC2c2cccc(F)c2F)CC1.Cl. The number of nitrogens with one attached hydrogen (secondary N) is 1. The monoisotopic (exact) mass is 344 g/mol. The van der Waals surface area contributed by atoms with Gasteiger partial charge in [-0.1, -0.05) is 12.1 Å². The summed E-state index contributed by atoms with van der Waals surface area (Å²) in [6, 6.07) is 4.22. The summed E-state index contributed by atoms with van der Waals surface area (Å²) in [6.07, 6.45) is 2.66. The third-order valence-electron chi connectivity index (χ3n) is 4.91. The molecule has 128 valence electrons. The predicted molar refractivity (Wildman–Crippen MR) is 87.7 cm³/mol. The van der Waals surface area contributed by atoms with Crippen LogP contribution in [0.1, 0.15) is 30.7 Å². The molecule has 0 spiro atoms. The van der Waals surface area contributed by atoms with Gasteiger partial charge in [0.25, 0.3) is 0 Å². The standard InChI is InChI=1S/C17H22F2N2O.ClH/c1-20-10-11-5-7-21(8-6-11)17(22)14-9-13(14)12-3-2-4-15(18)16(12)19;/h2-4,11,13-14,20H,5-10H2,1H3;1H. The van der Waals surface area contributed by atoms with Crippen molar-refractivity contribution in [2.45, 2.75) is 25.2 Å². The van der Waals surface area contributed by atoms with Gasteiger partial charge in [-0.25, -0.2) is 8.78 Å². The molecule has 1 saturated heterocycles. The molecule has 1 saturated carbocycles. The lowest BCUT2D eigenvalue weighted by atomic mass is 9.96. The molecule has 1 aliphatic carbocycles. The zero-order valence-electron chi connectivity index (χ0n) is 13.2. The van der Waals surface area contributed by atoms with Crippen molar-refractivity contribution in [3.8, 4) is 0 Å². The second kappa shape index (κ2) is 7.58. The highest BCUT2D eigenvalue weighted by atomic mass is 35.5. The maximum Gasteiger partial charge on any atom is 0.226 e. The molecule has 2 atom stereocenters. The number of piperidine rings is 1. The van der Waals surface area contributed by atoms with Gasteiger partial charge < -0.3 is 10.2 Å². The van der Waals surface area contributed by atoms with E-state index in [1.807, 2.05) is 11.9 Å². The number of amides is 1. The molecule has 0 aromatic heterocycles. The van der Waals surface area contributed by atoms with Gasteiger partial charge in [-0.2, -0.15) is 0 Å². The van der Waals surface area contributed by atoms with E-state index in [2.05, 4.69) is 5.32 Å². The Labute approximate surface area is 141 Å². The number of hydrogen-bond acceptors (Lipinski definition) is 2. The van der Waals surface area contributed by atoms with E-state index < -0.39 is 11.6 Å². The van der Waals surface area contributed by atoms with Crippen LogP contribution in [-0.2, 0) is 4.79 Å². The highest BCUT2D eigenvalue weighted by Crippen LogP contribution is 2.49. The van der Waals surface area contributed by atoms with Crippen molar-refractivity contribution in [2.24, 2.45) is 11.8 Å². The van der Waals surface area contributed by atoms with Crippen LogP contribution in [0, 0.1) is 23.5 Å². The van der Waals surface area contributed by atoms with Crippen molar-refractivity contribution in [3.63, 3.8) is 0 Å². The second-order valence-corrected chi connectivity index (χ2v) is 6.42. The molecular formula is C17H23ClF2N2O. The minimum atomic E-state index is -0.830. The summed E-state index contributed by atoms with van der Waals surface area (Å²) in [5, 5.41) is 3.18. The molecule has 2 fully saturated rings. The van der Waals surface area contributed by atoms with Crippen molar-refractivity contribution < 1.29 is 13.6 Å². The van der Waals surface area contributed by atoms with Crippen LogP contribution < -0.4 is 5.32 Å². The molecule has 1 amide bonds. The molecule has 0 bridgehead atoms. The fourth-order valence-corrected chi connectivity index (χ4v) is 3.50. The van der Waals surface area contributed by atoms with Gasteiger partial charge in [0.05, 0.1) is 0 Å². The first-order chi connectivity index (χ1) is 10.6. The Morgan fingerprint density at radius 3 is 2.65 bits per heavy atom. The van der Waals surface area contributed by atoms with Gasteiger partial charge >= 0.3 is 0 Å². The Kier molecular flexibility index (Phi) is 5.98. The molecule has 0 radical (unpaired) electrons. The number of carbonyl (C=O) groups is 1. The minimum absolute atomic E-state index is 0. The summed E-state index contributed by atoms with van der Waals surface area (Å²) < 4.78 is 27.1. The lowest BCUT2D eigenvalue weighted by molar-refractivity contribution is -0.134. The zero-order valence-corrected chi connectivity index (χ0v) is 14.0. The lowest BCUT2D eigenvalue weighted by Gasteiger charge is -2.32.